The zero-order valence-corrected chi connectivity index (χ0v) is 22.6. The highest BCUT2D eigenvalue weighted by molar-refractivity contribution is 5.91. The van der Waals surface area contributed by atoms with Gasteiger partial charge in [-0.25, -0.2) is 14.4 Å². The van der Waals surface area contributed by atoms with Gasteiger partial charge in [0.1, 0.15) is 17.1 Å². The Morgan fingerprint density at radius 2 is 1.83 bits per heavy atom. The van der Waals surface area contributed by atoms with E-state index < -0.39 is 28.9 Å². The predicted octanol–water partition coefficient (Wildman–Crippen LogP) is 4.87. The number of carbonyl (C=O) groups is 1. The molecule has 3 aromatic heterocycles. The van der Waals surface area contributed by atoms with Gasteiger partial charge in [-0.1, -0.05) is 17.3 Å². The number of aliphatic hydroxyl groups is 1. The van der Waals surface area contributed by atoms with Crippen molar-refractivity contribution in [2.75, 3.05) is 11.9 Å². The van der Waals surface area contributed by atoms with E-state index in [9.17, 15) is 27.5 Å². The van der Waals surface area contributed by atoms with Crippen LogP contribution in [0.25, 0.3) is 11.1 Å². The maximum Gasteiger partial charge on any atom is 0.401 e. The number of nitrogens with one attached hydrogen (secondary N) is 1. The molecule has 0 unspecified atom stereocenters. The van der Waals surface area contributed by atoms with E-state index >= 15 is 0 Å². The number of rotatable bonds is 9. The van der Waals surface area contributed by atoms with E-state index in [1.54, 1.807) is 23.1 Å². The molecule has 0 saturated heterocycles. The molecule has 1 aliphatic carbocycles. The number of carbonyl (C=O) groups excluding carboxylic acids is 1. The second kappa shape index (κ2) is 10.4. The smallest absolute Gasteiger partial charge is 0.394 e. The van der Waals surface area contributed by atoms with E-state index in [0.717, 1.165) is 17.3 Å². The number of hydrogen-bond donors (Lipinski definition) is 2. The van der Waals surface area contributed by atoms with Crippen molar-refractivity contribution in [3.05, 3.63) is 77.1 Å². The Hall–Kier alpha value is -4.13. The van der Waals surface area contributed by atoms with Crippen LogP contribution in [-0.2, 0) is 28.6 Å². The van der Waals surface area contributed by atoms with Crippen molar-refractivity contribution < 1.29 is 32.0 Å². The fourth-order valence-electron chi connectivity index (χ4n) is 4.40. The third kappa shape index (κ3) is 5.71. The van der Waals surface area contributed by atoms with Crippen LogP contribution in [0.1, 0.15) is 55.1 Å². The van der Waals surface area contributed by atoms with Gasteiger partial charge < -0.3 is 14.9 Å². The molecule has 3 heterocycles. The molecule has 41 heavy (non-hydrogen) atoms. The third-order valence-electron chi connectivity index (χ3n) is 7.34. The number of aliphatic hydroxyl groups excluding tert-OH is 1. The SMILES string of the molecule is Cc1nn(C(C)(C)CO)cc1Cc1ncc(-c2ccc(CC(=O)Nc3cc(C4(C(F)(F)F)CC4)on3)c(F)c2)cn1. The normalized spacial score (nSPS) is 14.7. The Kier molecular flexibility index (Phi) is 7.18. The monoisotopic (exact) mass is 572 g/mol. The first kappa shape index (κ1) is 28.4. The molecule has 0 aliphatic heterocycles. The lowest BCUT2D eigenvalue weighted by Gasteiger charge is -2.22. The summed E-state index contributed by atoms with van der Waals surface area (Å²) in [6, 6.07) is 5.41. The first-order chi connectivity index (χ1) is 19.3. The number of aryl methyl sites for hydroxylation is 1. The molecule has 216 valence electrons. The summed E-state index contributed by atoms with van der Waals surface area (Å²) in [5, 5.41) is 20.0. The van der Waals surface area contributed by atoms with Crippen LogP contribution in [0.2, 0.25) is 0 Å². The van der Waals surface area contributed by atoms with Crippen molar-refractivity contribution >= 4 is 11.7 Å². The number of amides is 1. The van der Waals surface area contributed by atoms with E-state index in [0.29, 0.717) is 23.4 Å². The molecule has 1 fully saturated rings. The van der Waals surface area contributed by atoms with Gasteiger partial charge in [-0.15, -0.1) is 0 Å². The lowest BCUT2D eigenvalue weighted by atomic mass is 10.0. The van der Waals surface area contributed by atoms with Crippen molar-refractivity contribution in [1.29, 1.82) is 0 Å². The van der Waals surface area contributed by atoms with Gasteiger partial charge in [0, 0.05) is 42.2 Å². The largest absolute Gasteiger partial charge is 0.401 e. The number of nitrogens with zero attached hydrogens (tertiary/aromatic N) is 5. The average molecular weight is 573 g/mol. The number of anilines is 1. The highest BCUT2D eigenvalue weighted by Crippen LogP contribution is 2.59. The van der Waals surface area contributed by atoms with Gasteiger partial charge >= 0.3 is 6.18 Å². The second-order valence-electron chi connectivity index (χ2n) is 10.9. The lowest BCUT2D eigenvalue weighted by Crippen LogP contribution is -2.30. The van der Waals surface area contributed by atoms with Crippen LogP contribution in [-0.4, -0.2) is 48.7 Å². The van der Waals surface area contributed by atoms with Crippen molar-refractivity contribution in [1.82, 2.24) is 24.9 Å². The minimum absolute atomic E-state index is 0.0624. The topological polar surface area (TPSA) is 119 Å². The van der Waals surface area contributed by atoms with Crippen LogP contribution in [0, 0.1) is 12.7 Å². The van der Waals surface area contributed by atoms with Crippen molar-refractivity contribution in [2.24, 2.45) is 0 Å². The lowest BCUT2D eigenvalue weighted by molar-refractivity contribution is -0.165. The first-order valence-corrected chi connectivity index (χ1v) is 12.9. The Bertz CT molecular complexity index is 1570. The van der Waals surface area contributed by atoms with Gasteiger partial charge in [0.2, 0.25) is 5.91 Å². The van der Waals surface area contributed by atoms with Gasteiger partial charge in [0.05, 0.1) is 24.3 Å². The summed E-state index contributed by atoms with van der Waals surface area (Å²) < 4.78 is 61.3. The minimum Gasteiger partial charge on any atom is -0.394 e. The maximum atomic E-state index is 14.9. The quantitative estimate of drug-likeness (QED) is 0.275. The number of benzene rings is 1. The Morgan fingerprint density at radius 3 is 2.44 bits per heavy atom. The minimum atomic E-state index is -4.47. The van der Waals surface area contributed by atoms with Crippen LogP contribution in [0.15, 0.2) is 47.4 Å². The van der Waals surface area contributed by atoms with E-state index in [1.165, 1.54) is 12.1 Å². The molecular formula is C28H28F4N6O3. The standard InChI is InChI=1S/C28H28F4N6O3/c1-16-19(14-38(36-16)26(2,3)15-39)9-23-33-12-20(13-34-23)17-4-5-18(21(29)8-17)10-25(40)35-24-11-22(41-37-24)27(6-7-27)28(30,31)32/h4-5,8,11-14,39H,6-7,9-10,15H2,1-3H3,(H,35,37,40). The summed E-state index contributed by atoms with van der Waals surface area (Å²) in [6.45, 7) is 5.56. The Labute approximate surface area is 232 Å². The van der Waals surface area contributed by atoms with Crippen LogP contribution < -0.4 is 5.32 Å². The van der Waals surface area contributed by atoms with Gasteiger partial charge in [-0.2, -0.15) is 18.3 Å². The number of alkyl halides is 3. The van der Waals surface area contributed by atoms with Crippen LogP contribution in [0.3, 0.4) is 0 Å². The summed E-state index contributed by atoms with van der Waals surface area (Å²) in [6.07, 6.45) is 0.438. The van der Waals surface area contributed by atoms with Crippen LogP contribution in [0.4, 0.5) is 23.4 Å². The van der Waals surface area contributed by atoms with Crippen molar-refractivity contribution in [2.45, 2.75) is 63.6 Å². The van der Waals surface area contributed by atoms with Crippen molar-refractivity contribution in [3.8, 4) is 11.1 Å². The molecule has 1 aliphatic rings. The summed E-state index contributed by atoms with van der Waals surface area (Å²) in [5.74, 6) is -1.24. The molecule has 2 N–H and O–H groups in total. The number of halogens is 4. The van der Waals surface area contributed by atoms with Crippen molar-refractivity contribution in [3.63, 3.8) is 0 Å². The molecule has 1 amide bonds. The fourth-order valence-corrected chi connectivity index (χ4v) is 4.40. The van der Waals surface area contributed by atoms with E-state index in [2.05, 4.69) is 25.5 Å². The van der Waals surface area contributed by atoms with Crippen LogP contribution in [0.5, 0.6) is 0 Å². The Morgan fingerprint density at radius 1 is 1.12 bits per heavy atom. The summed E-state index contributed by atoms with van der Waals surface area (Å²) in [4.78, 5) is 21.2. The number of hydrogen-bond acceptors (Lipinski definition) is 7. The van der Waals surface area contributed by atoms with E-state index in [4.69, 9.17) is 4.52 Å². The van der Waals surface area contributed by atoms with Gasteiger partial charge in [0.15, 0.2) is 11.6 Å². The van der Waals surface area contributed by atoms with Gasteiger partial charge in [0.25, 0.3) is 0 Å². The Balaban J connectivity index is 1.21. The van der Waals surface area contributed by atoms with Gasteiger partial charge in [-0.3, -0.25) is 9.48 Å². The van der Waals surface area contributed by atoms with Gasteiger partial charge in [-0.05, 0) is 50.8 Å². The highest BCUT2D eigenvalue weighted by atomic mass is 19.4. The third-order valence-corrected chi connectivity index (χ3v) is 7.34. The predicted molar refractivity (Wildman–Crippen MR) is 139 cm³/mol. The maximum absolute atomic E-state index is 14.9. The molecule has 0 radical (unpaired) electrons. The summed E-state index contributed by atoms with van der Waals surface area (Å²) in [5.41, 5.74) is 0.314. The molecule has 13 heteroatoms. The molecule has 9 nitrogen and oxygen atoms in total. The molecular weight excluding hydrogens is 544 g/mol. The van der Waals surface area contributed by atoms with E-state index in [-0.39, 0.29) is 43.0 Å². The second-order valence-corrected chi connectivity index (χ2v) is 10.9. The summed E-state index contributed by atoms with van der Waals surface area (Å²) in [7, 11) is 0. The summed E-state index contributed by atoms with van der Waals surface area (Å²) >= 11 is 0. The highest BCUT2D eigenvalue weighted by Gasteiger charge is 2.66. The van der Waals surface area contributed by atoms with Crippen LogP contribution >= 0.6 is 0 Å². The molecule has 1 saturated carbocycles. The molecule has 0 spiro atoms. The van der Waals surface area contributed by atoms with E-state index in [1.807, 2.05) is 27.0 Å². The molecule has 0 bridgehead atoms. The fraction of sp³-hybridized carbons (Fsp3) is 0.393. The first-order valence-electron chi connectivity index (χ1n) is 12.9. The molecule has 5 rings (SSSR count). The average Bonchev–Trinajstić information content (AvgIpc) is 3.49. The zero-order chi connectivity index (χ0) is 29.6. The number of aromatic nitrogens is 5. The molecule has 1 aromatic carbocycles. The molecule has 4 aromatic rings. The molecule has 0 atom stereocenters. The zero-order valence-electron chi connectivity index (χ0n) is 22.6.